The molecule has 0 unspecified atom stereocenters. The summed E-state index contributed by atoms with van der Waals surface area (Å²) in [6.07, 6.45) is 0. The largest absolute Gasteiger partial charge is 0.494 e. The average molecular weight is 377 g/mol. The fraction of sp³-hybridized carbons (Fsp3) is 0.0667. The zero-order chi connectivity index (χ0) is 17.6. The summed E-state index contributed by atoms with van der Waals surface area (Å²) >= 11 is 7.17. The Hall–Kier alpha value is -2.91. The number of oxazole rings is 1. The van der Waals surface area contributed by atoms with Crippen LogP contribution in [0.2, 0.25) is 5.02 Å². The Morgan fingerprint density at radius 1 is 1.32 bits per heavy atom. The van der Waals surface area contributed by atoms with E-state index in [1.165, 1.54) is 30.6 Å². The van der Waals surface area contributed by atoms with Gasteiger partial charge >= 0.3 is 6.01 Å². The minimum atomic E-state index is -0.473. The molecule has 0 spiro atoms. The number of fused-ring (bicyclic) bond motifs is 2. The number of non-ortho nitro benzene ring substituents is 1. The molecule has 0 fully saturated rings. The first kappa shape index (κ1) is 15.6. The Labute approximate surface area is 149 Å². The van der Waals surface area contributed by atoms with Gasteiger partial charge in [-0.25, -0.2) is 4.98 Å². The summed E-state index contributed by atoms with van der Waals surface area (Å²) in [7, 11) is 1.44. The predicted molar refractivity (Wildman–Crippen MR) is 95.1 cm³/mol. The maximum absolute atomic E-state index is 11.0. The maximum atomic E-state index is 11.0. The van der Waals surface area contributed by atoms with Crippen molar-refractivity contribution in [2.45, 2.75) is 0 Å². The van der Waals surface area contributed by atoms with E-state index in [0.717, 1.165) is 0 Å². The van der Waals surface area contributed by atoms with E-state index in [4.69, 9.17) is 20.8 Å². The van der Waals surface area contributed by atoms with Gasteiger partial charge in [0.1, 0.15) is 11.0 Å². The van der Waals surface area contributed by atoms with Crippen molar-refractivity contribution >= 4 is 61.1 Å². The molecule has 0 atom stereocenters. The van der Waals surface area contributed by atoms with Gasteiger partial charge in [0, 0.05) is 11.1 Å². The number of nitrogens with zero attached hydrogens (tertiary/aromatic N) is 3. The third kappa shape index (κ3) is 2.83. The van der Waals surface area contributed by atoms with Crippen molar-refractivity contribution in [2.75, 3.05) is 12.4 Å². The number of methoxy groups -OCH3 is 1. The first-order chi connectivity index (χ1) is 12.0. The van der Waals surface area contributed by atoms with Crippen LogP contribution in [0.5, 0.6) is 5.75 Å². The molecule has 0 amide bonds. The van der Waals surface area contributed by atoms with Crippen LogP contribution in [0.3, 0.4) is 0 Å². The number of hydrogen-bond donors (Lipinski definition) is 1. The Morgan fingerprint density at radius 2 is 2.16 bits per heavy atom. The first-order valence-corrected chi connectivity index (χ1v) is 8.19. The molecule has 0 bridgehead atoms. The van der Waals surface area contributed by atoms with Gasteiger partial charge in [-0.05, 0) is 18.2 Å². The van der Waals surface area contributed by atoms with E-state index in [9.17, 15) is 10.1 Å². The standard InChI is InChI=1S/C15H9ClN4O4S/c1-23-11-5-8(20(21)22)6-12-13(11)18-15(25-12)19-14-17-9-4-7(16)2-3-10(9)24-14/h2-6H,1H3,(H,17,18,19). The second-order valence-corrected chi connectivity index (χ2v) is 6.49. The summed E-state index contributed by atoms with van der Waals surface area (Å²) < 4.78 is 11.4. The van der Waals surface area contributed by atoms with E-state index in [2.05, 4.69) is 15.3 Å². The number of ether oxygens (including phenoxy) is 1. The lowest BCUT2D eigenvalue weighted by Gasteiger charge is -1.99. The number of halogens is 1. The van der Waals surface area contributed by atoms with Crippen LogP contribution in [0.15, 0.2) is 34.7 Å². The topological polar surface area (TPSA) is 103 Å². The molecule has 0 aliphatic rings. The molecule has 126 valence electrons. The van der Waals surface area contributed by atoms with Crippen LogP contribution in [0.4, 0.5) is 16.8 Å². The number of benzene rings is 2. The molecule has 10 heteroatoms. The number of anilines is 2. The summed E-state index contributed by atoms with van der Waals surface area (Å²) in [6, 6.07) is 8.17. The molecule has 2 aromatic carbocycles. The normalized spacial score (nSPS) is 11.1. The van der Waals surface area contributed by atoms with Gasteiger partial charge in [0.2, 0.25) is 0 Å². The number of hydrogen-bond acceptors (Lipinski definition) is 8. The van der Waals surface area contributed by atoms with Gasteiger partial charge in [0.15, 0.2) is 16.5 Å². The van der Waals surface area contributed by atoms with E-state index >= 15 is 0 Å². The zero-order valence-corrected chi connectivity index (χ0v) is 14.2. The fourth-order valence-electron chi connectivity index (χ4n) is 2.34. The highest BCUT2D eigenvalue weighted by molar-refractivity contribution is 7.22. The lowest BCUT2D eigenvalue weighted by molar-refractivity contribution is -0.384. The van der Waals surface area contributed by atoms with Gasteiger partial charge in [-0.2, -0.15) is 4.98 Å². The number of aromatic nitrogens is 2. The van der Waals surface area contributed by atoms with Crippen LogP contribution < -0.4 is 10.1 Å². The molecule has 2 heterocycles. The minimum Gasteiger partial charge on any atom is -0.494 e. The van der Waals surface area contributed by atoms with Crippen molar-refractivity contribution < 1.29 is 14.1 Å². The first-order valence-electron chi connectivity index (χ1n) is 6.99. The van der Waals surface area contributed by atoms with Gasteiger partial charge in [-0.1, -0.05) is 22.9 Å². The van der Waals surface area contributed by atoms with E-state index in [1.54, 1.807) is 18.2 Å². The van der Waals surface area contributed by atoms with Crippen LogP contribution in [0.25, 0.3) is 21.3 Å². The van der Waals surface area contributed by atoms with E-state index in [0.29, 0.717) is 37.2 Å². The second kappa shape index (κ2) is 5.87. The molecular weight excluding hydrogens is 368 g/mol. The Balaban J connectivity index is 1.74. The van der Waals surface area contributed by atoms with Crippen molar-refractivity contribution in [1.29, 1.82) is 0 Å². The van der Waals surface area contributed by atoms with Crippen LogP contribution in [0.1, 0.15) is 0 Å². The lowest BCUT2D eigenvalue weighted by Crippen LogP contribution is -1.91. The highest BCUT2D eigenvalue weighted by atomic mass is 35.5. The molecule has 1 N–H and O–H groups in total. The molecule has 0 aliphatic carbocycles. The second-order valence-electron chi connectivity index (χ2n) is 5.03. The summed E-state index contributed by atoms with van der Waals surface area (Å²) in [5, 5.41) is 15.0. The highest BCUT2D eigenvalue weighted by Crippen LogP contribution is 2.37. The third-order valence-electron chi connectivity index (χ3n) is 3.44. The SMILES string of the molecule is COc1cc([N+](=O)[O-])cc2sc(Nc3nc4cc(Cl)ccc4o3)nc12. The van der Waals surface area contributed by atoms with Gasteiger partial charge in [0.25, 0.3) is 5.69 Å². The summed E-state index contributed by atoms with van der Waals surface area (Å²) in [4.78, 5) is 19.2. The van der Waals surface area contributed by atoms with Crippen LogP contribution >= 0.6 is 22.9 Å². The Bertz CT molecular complexity index is 1120. The monoisotopic (exact) mass is 376 g/mol. The maximum Gasteiger partial charge on any atom is 0.302 e. The summed E-state index contributed by atoms with van der Waals surface area (Å²) in [5.41, 5.74) is 1.67. The Kier molecular flexibility index (Phi) is 3.66. The molecule has 0 saturated heterocycles. The van der Waals surface area contributed by atoms with E-state index in [-0.39, 0.29) is 11.7 Å². The molecule has 2 aromatic heterocycles. The number of thiazole rings is 1. The van der Waals surface area contributed by atoms with Gasteiger partial charge in [0.05, 0.1) is 22.8 Å². The van der Waals surface area contributed by atoms with Crippen molar-refractivity contribution in [3.63, 3.8) is 0 Å². The van der Waals surface area contributed by atoms with Crippen LogP contribution in [-0.4, -0.2) is 22.0 Å². The zero-order valence-electron chi connectivity index (χ0n) is 12.6. The van der Waals surface area contributed by atoms with E-state index in [1.807, 2.05) is 0 Å². The van der Waals surface area contributed by atoms with Crippen LogP contribution in [0, 0.1) is 10.1 Å². The molecule has 0 aliphatic heterocycles. The van der Waals surface area contributed by atoms with Crippen molar-refractivity contribution in [2.24, 2.45) is 0 Å². The van der Waals surface area contributed by atoms with Crippen LogP contribution in [-0.2, 0) is 0 Å². The van der Waals surface area contributed by atoms with Crippen molar-refractivity contribution in [3.8, 4) is 5.75 Å². The molecule has 4 aromatic rings. The summed E-state index contributed by atoms with van der Waals surface area (Å²) in [5.74, 6) is 0.331. The van der Waals surface area contributed by atoms with Crippen molar-refractivity contribution in [3.05, 3.63) is 45.5 Å². The Morgan fingerprint density at radius 3 is 2.92 bits per heavy atom. The van der Waals surface area contributed by atoms with Gasteiger partial charge in [-0.15, -0.1) is 0 Å². The van der Waals surface area contributed by atoms with Gasteiger partial charge < -0.3 is 9.15 Å². The molecule has 0 radical (unpaired) electrons. The molecule has 8 nitrogen and oxygen atoms in total. The quantitative estimate of drug-likeness (QED) is 0.404. The number of nitro benzene ring substituents is 1. The van der Waals surface area contributed by atoms with Crippen molar-refractivity contribution in [1.82, 2.24) is 9.97 Å². The number of nitrogens with one attached hydrogen (secondary N) is 1. The molecule has 0 saturated carbocycles. The fourth-order valence-corrected chi connectivity index (χ4v) is 3.42. The number of nitro groups is 1. The average Bonchev–Trinajstić information content (AvgIpc) is 3.16. The molecule has 25 heavy (non-hydrogen) atoms. The summed E-state index contributed by atoms with van der Waals surface area (Å²) in [6.45, 7) is 0. The third-order valence-corrected chi connectivity index (χ3v) is 4.59. The predicted octanol–water partition coefficient (Wildman–Crippen LogP) is 4.75. The van der Waals surface area contributed by atoms with E-state index < -0.39 is 4.92 Å². The highest BCUT2D eigenvalue weighted by Gasteiger charge is 2.17. The van der Waals surface area contributed by atoms with Gasteiger partial charge in [-0.3, -0.25) is 15.4 Å². The number of rotatable bonds is 4. The lowest BCUT2D eigenvalue weighted by atomic mass is 10.3. The smallest absolute Gasteiger partial charge is 0.302 e. The molecule has 4 rings (SSSR count). The minimum absolute atomic E-state index is 0.0592. The molecular formula is C15H9ClN4O4S.